The predicted octanol–water partition coefficient (Wildman–Crippen LogP) is 4.71. The summed E-state index contributed by atoms with van der Waals surface area (Å²) >= 11 is 0. The number of fused-ring (bicyclic) bond motifs is 1. The van der Waals surface area contributed by atoms with Crippen LogP contribution >= 0.6 is 0 Å². The number of hydrogen-bond donors (Lipinski definition) is 0. The first kappa shape index (κ1) is 21.4. The Morgan fingerprint density at radius 3 is 2.55 bits per heavy atom. The second kappa shape index (κ2) is 8.75. The first-order valence-corrected chi connectivity index (χ1v) is 12.1. The molecule has 0 saturated carbocycles. The van der Waals surface area contributed by atoms with Crippen LogP contribution < -0.4 is 14.4 Å². The molecule has 6 nitrogen and oxygen atoms in total. The number of benzene rings is 2. The Morgan fingerprint density at radius 2 is 1.87 bits per heavy atom. The largest absolute Gasteiger partial charge is 0.497 e. The normalized spacial score (nSPS) is 17.0. The second-order valence-corrected chi connectivity index (χ2v) is 9.87. The Balaban J connectivity index is 1.93. The van der Waals surface area contributed by atoms with Gasteiger partial charge in [-0.05, 0) is 68.1 Å². The van der Waals surface area contributed by atoms with Crippen molar-refractivity contribution in [3.05, 3.63) is 48.7 Å². The molecule has 1 aliphatic heterocycles. The molecule has 1 saturated heterocycles. The number of aromatic nitrogens is 1. The van der Waals surface area contributed by atoms with E-state index in [-0.39, 0.29) is 9.79 Å². The molecular formula is C24H28N2O4S. The van der Waals surface area contributed by atoms with Crippen molar-refractivity contribution in [2.75, 3.05) is 31.7 Å². The van der Waals surface area contributed by atoms with Crippen molar-refractivity contribution in [3.63, 3.8) is 0 Å². The maximum Gasteiger partial charge on any atom is 0.210 e. The molecule has 3 aromatic rings. The van der Waals surface area contributed by atoms with Crippen LogP contribution in [0.25, 0.3) is 10.9 Å². The number of anilines is 1. The third-order valence-corrected chi connectivity index (χ3v) is 7.49. The third kappa shape index (κ3) is 4.19. The molecule has 2 heterocycles. The zero-order valence-electron chi connectivity index (χ0n) is 18.2. The van der Waals surface area contributed by atoms with Crippen molar-refractivity contribution in [1.82, 2.24) is 4.98 Å². The molecule has 164 valence electrons. The van der Waals surface area contributed by atoms with Gasteiger partial charge in [-0.15, -0.1) is 0 Å². The third-order valence-electron chi connectivity index (χ3n) is 5.72. The van der Waals surface area contributed by atoms with Crippen LogP contribution in [0.15, 0.2) is 58.5 Å². The SMILES string of the molecule is CCOc1ccc2ncc(S(=O)(=O)c3ccc(OC)cc3)c(N3CCCC(C)C3)c2c1. The molecule has 1 aliphatic rings. The van der Waals surface area contributed by atoms with Gasteiger partial charge in [0.1, 0.15) is 16.4 Å². The van der Waals surface area contributed by atoms with E-state index in [1.54, 1.807) is 31.4 Å². The number of nitrogens with zero attached hydrogens (tertiary/aromatic N) is 2. The van der Waals surface area contributed by atoms with E-state index in [2.05, 4.69) is 16.8 Å². The van der Waals surface area contributed by atoms with Crippen molar-refractivity contribution in [1.29, 1.82) is 0 Å². The first-order valence-electron chi connectivity index (χ1n) is 10.6. The van der Waals surface area contributed by atoms with Crippen LogP contribution in [0, 0.1) is 5.92 Å². The van der Waals surface area contributed by atoms with Gasteiger partial charge in [-0.1, -0.05) is 6.92 Å². The number of sulfone groups is 1. The van der Waals surface area contributed by atoms with E-state index in [4.69, 9.17) is 9.47 Å². The lowest BCUT2D eigenvalue weighted by Crippen LogP contribution is -2.35. The van der Waals surface area contributed by atoms with Crippen LogP contribution in [0.1, 0.15) is 26.7 Å². The lowest BCUT2D eigenvalue weighted by Gasteiger charge is -2.34. The van der Waals surface area contributed by atoms with Gasteiger partial charge in [0.2, 0.25) is 9.84 Å². The highest BCUT2D eigenvalue weighted by Gasteiger charge is 2.29. The zero-order valence-corrected chi connectivity index (χ0v) is 19.0. The van der Waals surface area contributed by atoms with Crippen molar-refractivity contribution in [2.45, 2.75) is 36.5 Å². The van der Waals surface area contributed by atoms with E-state index in [1.807, 2.05) is 25.1 Å². The molecule has 0 aliphatic carbocycles. The molecule has 0 amide bonds. The number of pyridine rings is 1. The number of rotatable bonds is 6. The van der Waals surface area contributed by atoms with Gasteiger partial charge < -0.3 is 14.4 Å². The quantitative estimate of drug-likeness (QED) is 0.553. The molecule has 1 aromatic heterocycles. The first-order chi connectivity index (χ1) is 14.9. The molecule has 7 heteroatoms. The van der Waals surface area contributed by atoms with Gasteiger partial charge in [0.15, 0.2) is 0 Å². The summed E-state index contributed by atoms with van der Waals surface area (Å²) in [6.45, 7) is 6.30. The summed E-state index contributed by atoms with van der Waals surface area (Å²) in [6, 6.07) is 12.2. The Morgan fingerprint density at radius 1 is 1.13 bits per heavy atom. The fourth-order valence-electron chi connectivity index (χ4n) is 4.19. The molecule has 4 rings (SSSR count). The molecule has 2 aromatic carbocycles. The van der Waals surface area contributed by atoms with Gasteiger partial charge in [-0.25, -0.2) is 8.42 Å². The van der Waals surface area contributed by atoms with Crippen LogP contribution in [0.4, 0.5) is 5.69 Å². The van der Waals surface area contributed by atoms with Gasteiger partial charge in [-0.2, -0.15) is 0 Å². The highest BCUT2D eigenvalue weighted by molar-refractivity contribution is 7.91. The maximum atomic E-state index is 13.7. The molecule has 1 fully saturated rings. The monoisotopic (exact) mass is 440 g/mol. The van der Waals surface area contributed by atoms with E-state index in [0.717, 1.165) is 36.8 Å². The molecule has 1 atom stereocenters. The molecular weight excluding hydrogens is 412 g/mol. The Labute approximate surface area is 183 Å². The van der Waals surface area contributed by atoms with Crippen molar-refractivity contribution >= 4 is 26.4 Å². The summed E-state index contributed by atoms with van der Waals surface area (Å²) in [5.41, 5.74) is 1.47. The summed E-state index contributed by atoms with van der Waals surface area (Å²) in [5.74, 6) is 1.81. The smallest absolute Gasteiger partial charge is 0.210 e. The Kier molecular flexibility index (Phi) is 6.05. The van der Waals surface area contributed by atoms with Crippen molar-refractivity contribution < 1.29 is 17.9 Å². The molecule has 0 bridgehead atoms. The predicted molar refractivity (Wildman–Crippen MR) is 122 cm³/mol. The summed E-state index contributed by atoms with van der Waals surface area (Å²) in [5, 5.41) is 0.801. The average Bonchev–Trinajstić information content (AvgIpc) is 2.78. The van der Waals surface area contributed by atoms with Crippen molar-refractivity contribution in [2.24, 2.45) is 5.92 Å². The summed E-state index contributed by atoms with van der Waals surface area (Å²) < 4.78 is 38.3. The van der Waals surface area contributed by atoms with Crippen LogP contribution in [-0.2, 0) is 9.84 Å². The van der Waals surface area contributed by atoms with Crippen LogP contribution in [0.2, 0.25) is 0 Å². The molecule has 0 radical (unpaired) electrons. The average molecular weight is 441 g/mol. The minimum Gasteiger partial charge on any atom is -0.497 e. The highest BCUT2D eigenvalue weighted by Crippen LogP contribution is 2.39. The standard InChI is InChI=1S/C24H28N2O4S/c1-4-30-19-9-12-22-21(14-19)24(26-13-5-6-17(2)16-26)23(15-25-22)31(27,28)20-10-7-18(29-3)8-11-20/h7-12,14-15,17H,4-6,13,16H2,1-3H3. The van der Waals surface area contributed by atoms with E-state index < -0.39 is 9.84 Å². The second-order valence-electron chi connectivity index (χ2n) is 7.96. The number of hydrogen-bond acceptors (Lipinski definition) is 6. The van der Waals surface area contributed by atoms with Crippen molar-refractivity contribution in [3.8, 4) is 11.5 Å². The lowest BCUT2D eigenvalue weighted by atomic mass is 9.99. The van der Waals surface area contributed by atoms with Crippen LogP contribution in [0.5, 0.6) is 11.5 Å². The van der Waals surface area contributed by atoms with Crippen LogP contribution in [-0.4, -0.2) is 40.2 Å². The zero-order chi connectivity index (χ0) is 22.0. The number of methoxy groups -OCH3 is 1. The Bertz CT molecular complexity index is 1180. The molecule has 0 spiro atoms. The van der Waals surface area contributed by atoms with Gasteiger partial charge >= 0.3 is 0 Å². The minimum absolute atomic E-state index is 0.224. The number of piperidine rings is 1. The Hall–Kier alpha value is -2.80. The topological polar surface area (TPSA) is 68.7 Å². The van der Waals surface area contributed by atoms with E-state index in [9.17, 15) is 8.42 Å². The highest BCUT2D eigenvalue weighted by atomic mass is 32.2. The van der Waals surface area contributed by atoms with Gasteiger partial charge in [-0.3, -0.25) is 4.98 Å². The minimum atomic E-state index is -3.78. The summed E-state index contributed by atoms with van der Waals surface area (Å²) in [6.07, 6.45) is 3.67. The number of ether oxygens (including phenoxy) is 2. The molecule has 31 heavy (non-hydrogen) atoms. The van der Waals surface area contributed by atoms with Crippen LogP contribution in [0.3, 0.4) is 0 Å². The van der Waals surface area contributed by atoms with E-state index >= 15 is 0 Å². The van der Waals surface area contributed by atoms with E-state index in [0.29, 0.717) is 29.7 Å². The van der Waals surface area contributed by atoms with E-state index in [1.165, 1.54) is 6.20 Å². The molecule has 1 unspecified atom stereocenters. The lowest BCUT2D eigenvalue weighted by molar-refractivity contribution is 0.340. The fraction of sp³-hybridized carbons (Fsp3) is 0.375. The fourth-order valence-corrected chi connectivity index (χ4v) is 5.63. The van der Waals surface area contributed by atoms with Gasteiger partial charge in [0.05, 0.1) is 29.8 Å². The maximum absolute atomic E-state index is 13.7. The summed E-state index contributed by atoms with van der Waals surface area (Å²) in [7, 11) is -2.22. The van der Waals surface area contributed by atoms with Gasteiger partial charge in [0, 0.05) is 24.7 Å². The molecule has 0 N–H and O–H groups in total. The summed E-state index contributed by atoms with van der Waals surface area (Å²) in [4.78, 5) is 7.15. The van der Waals surface area contributed by atoms with Gasteiger partial charge in [0.25, 0.3) is 0 Å².